The largest absolute Gasteiger partial charge is 0.508 e. The molecule has 0 unspecified atom stereocenters. The summed E-state index contributed by atoms with van der Waals surface area (Å²) in [5.41, 5.74) is 3.63. The molecule has 27 heavy (non-hydrogen) atoms. The molecule has 0 aromatic heterocycles. The molecule has 1 fully saturated rings. The number of amides is 1. The first kappa shape index (κ1) is 18.1. The monoisotopic (exact) mass is 364 g/mol. The fourth-order valence-electron chi connectivity index (χ4n) is 4.79. The average Bonchev–Trinajstić information content (AvgIpc) is 3.22. The highest BCUT2D eigenvalue weighted by molar-refractivity contribution is 5.85. The number of fused-ring (bicyclic) bond motifs is 1. The fraction of sp³-hybridized carbons (Fsp3) is 0.435. The number of nitrogens with zero attached hydrogens (tertiary/aromatic N) is 1. The third-order valence-electron chi connectivity index (χ3n) is 6.86. The second kappa shape index (κ2) is 6.68. The van der Waals surface area contributed by atoms with Crippen LogP contribution in [-0.4, -0.2) is 35.5 Å². The van der Waals surface area contributed by atoms with Crippen molar-refractivity contribution in [2.24, 2.45) is 11.8 Å². The Morgan fingerprint density at radius 3 is 2.70 bits per heavy atom. The van der Waals surface area contributed by atoms with Crippen molar-refractivity contribution in [3.05, 3.63) is 65.2 Å². The highest BCUT2D eigenvalue weighted by Crippen LogP contribution is 2.59. The van der Waals surface area contributed by atoms with Gasteiger partial charge in [-0.15, -0.1) is 0 Å². The molecule has 0 saturated heterocycles. The van der Waals surface area contributed by atoms with E-state index >= 15 is 0 Å². The molecule has 2 aromatic rings. The zero-order valence-corrected chi connectivity index (χ0v) is 16.3. The molecule has 2 aliphatic rings. The second-order valence-corrected chi connectivity index (χ2v) is 8.39. The van der Waals surface area contributed by atoms with Crippen LogP contribution in [0.3, 0.4) is 0 Å². The van der Waals surface area contributed by atoms with Crippen molar-refractivity contribution in [1.29, 1.82) is 0 Å². The lowest BCUT2D eigenvalue weighted by Crippen LogP contribution is -2.46. The molecule has 1 aliphatic heterocycles. The fourth-order valence-corrected chi connectivity index (χ4v) is 4.79. The molecule has 1 heterocycles. The van der Waals surface area contributed by atoms with E-state index < -0.39 is 0 Å². The van der Waals surface area contributed by atoms with E-state index in [0.717, 1.165) is 13.0 Å². The van der Waals surface area contributed by atoms with Crippen LogP contribution >= 0.6 is 0 Å². The van der Waals surface area contributed by atoms with Crippen molar-refractivity contribution in [1.82, 2.24) is 10.2 Å². The number of hydrogen-bond donors (Lipinski definition) is 2. The van der Waals surface area contributed by atoms with Crippen molar-refractivity contribution in [2.45, 2.75) is 38.3 Å². The van der Waals surface area contributed by atoms with Crippen LogP contribution in [0.2, 0.25) is 0 Å². The molecule has 1 amide bonds. The van der Waals surface area contributed by atoms with E-state index in [2.05, 4.69) is 43.2 Å². The van der Waals surface area contributed by atoms with Crippen LogP contribution in [0.4, 0.5) is 0 Å². The number of phenolic OH excluding ortho intramolecular Hbond substituents is 1. The maximum atomic E-state index is 12.9. The minimum absolute atomic E-state index is 0.0398. The molecule has 1 saturated carbocycles. The summed E-state index contributed by atoms with van der Waals surface area (Å²) in [4.78, 5) is 15.1. The Morgan fingerprint density at radius 1 is 1.22 bits per heavy atom. The molecule has 0 bridgehead atoms. The molecule has 0 radical (unpaired) electrons. The van der Waals surface area contributed by atoms with Crippen molar-refractivity contribution in [3.63, 3.8) is 0 Å². The van der Waals surface area contributed by atoms with Gasteiger partial charge in [-0.2, -0.15) is 0 Å². The minimum Gasteiger partial charge on any atom is -0.508 e. The van der Waals surface area contributed by atoms with Gasteiger partial charge < -0.3 is 10.4 Å². The highest BCUT2D eigenvalue weighted by Gasteiger charge is 2.62. The highest BCUT2D eigenvalue weighted by atomic mass is 16.3. The molecule has 4 heteroatoms. The number of benzene rings is 2. The normalized spacial score (nSPS) is 29.8. The Hall–Kier alpha value is -2.33. The quantitative estimate of drug-likeness (QED) is 0.877. The van der Waals surface area contributed by atoms with Crippen molar-refractivity contribution in [3.8, 4) is 5.75 Å². The van der Waals surface area contributed by atoms with E-state index in [-0.39, 0.29) is 23.3 Å². The van der Waals surface area contributed by atoms with Gasteiger partial charge in [-0.25, -0.2) is 0 Å². The SMILES string of the molecule is C[C@H]1[C@@H](C(=O)NC[C@@H]2Cc3ccc(O)cc3CN2C)[C@@]1(C)c1ccccc1. The first-order valence-corrected chi connectivity index (χ1v) is 9.75. The van der Waals surface area contributed by atoms with Crippen LogP contribution in [0, 0.1) is 11.8 Å². The van der Waals surface area contributed by atoms with Gasteiger partial charge in [0.15, 0.2) is 0 Å². The molecule has 0 spiro atoms. The molecule has 142 valence electrons. The van der Waals surface area contributed by atoms with Crippen molar-refractivity contribution >= 4 is 5.91 Å². The van der Waals surface area contributed by atoms with E-state index in [1.165, 1.54) is 16.7 Å². The first-order chi connectivity index (χ1) is 12.9. The predicted molar refractivity (Wildman–Crippen MR) is 107 cm³/mol. The maximum absolute atomic E-state index is 12.9. The number of hydrogen-bond acceptors (Lipinski definition) is 3. The summed E-state index contributed by atoms with van der Waals surface area (Å²) in [5.74, 6) is 0.876. The van der Waals surface area contributed by atoms with Gasteiger partial charge >= 0.3 is 0 Å². The summed E-state index contributed by atoms with van der Waals surface area (Å²) in [5, 5.41) is 12.9. The number of carbonyl (C=O) groups is 1. The Bertz CT molecular complexity index is 851. The Labute approximate surface area is 161 Å². The lowest BCUT2D eigenvalue weighted by Gasteiger charge is -2.34. The molecule has 2 N–H and O–H groups in total. The number of nitrogens with one attached hydrogen (secondary N) is 1. The van der Waals surface area contributed by atoms with Crippen molar-refractivity contribution in [2.75, 3.05) is 13.6 Å². The van der Waals surface area contributed by atoms with E-state index in [0.29, 0.717) is 18.2 Å². The van der Waals surface area contributed by atoms with Gasteiger partial charge in [-0.05, 0) is 48.2 Å². The van der Waals surface area contributed by atoms with Crippen LogP contribution < -0.4 is 5.32 Å². The lowest BCUT2D eigenvalue weighted by molar-refractivity contribution is -0.123. The number of carbonyl (C=O) groups excluding carboxylic acids is 1. The second-order valence-electron chi connectivity index (χ2n) is 8.39. The third kappa shape index (κ3) is 3.12. The van der Waals surface area contributed by atoms with E-state index in [1.54, 1.807) is 6.07 Å². The number of rotatable bonds is 4. The summed E-state index contributed by atoms with van der Waals surface area (Å²) in [6.07, 6.45) is 0.891. The summed E-state index contributed by atoms with van der Waals surface area (Å²) in [7, 11) is 2.08. The molecular formula is C23H28N2O2. The van der Waals surface area contributed by atoms with Gasteiger partial charge in [-0.3, -0.25) is 9.69 Å². The molecule has 4 rings (SSSR count). The predicted octanol–water partition coefficient (Wildman–Crippen LogP) is 3.09. The van der Waals surface area contributed by atoms with Crippen LogP contribution in [0.5, 0.6) is 5.75 Å². The Kier molecular flexibility index (Phi) is 4.47. The smallest absolute Gasteiger partial charge is 0.224 e. The van der Waals surface area contributed by atoms with Gasteiger partial charge in [0.05, 0.1) is 5.92 Å². The topological polar surface area (TPSA) is 52.6 Å². The number of likely N-dealkylation sites (N-methyl/N-ethyl adjacent to an activating group) is 1. The summed E-state index contributed by atoms with van der Waals surface area (Å²) >= 11 is 0. The van der Waals surface area contributed by atoms with Gasteiger partial charge in [0, 0.05) is 24.5 Å². The van der Waals surface area contributed by atoms with Gasteiger partial charge in [0.25, 0.3) is 0 Å². The number of phenols is 1. The summed E-state index contributed by atoms with van der Waals surface area (Å²) < 4.78 is 0. The van der Waals surface area contributed by atoms with Crippen LogP contribution in [0.25, 0.3) is 0 Å². The maximum Gasteiger partial charge on any atom is 0.224 e. The molecule has 1 aliphatic carbocycles. The summed E-state index contributed by atoms with van der Waals surface area (Å²) in [6, 6.07) is 16.3. The van der Waals surface area contributed by atoms with Gasteiger partial charge in [0.1, 0.15) is 5.75 Å². The zero-order chi connectivity index (χ0) is 19.2. The third-order valence-corrected chi connectivity index (χ3v) is 6.86. The van der Waals surface area contributed by atoms with Crippen LogP contribution in [-0.2, 0) is 23.2 Å². The van der Waals surface area contributed by atoms with Crippen LogP contribution in [0.1, 0.15) is 30.5 Å². The molecule has 4 nitrogen and oxygen atoms in total. The van der Waals surface area contributed by atoms with E-state index in [1.807, 2.05) is 30.3 Å². The van der Waals surface area contributed by atoms with Crippen molar-refractivity contribution < 1.29 is 9.90 Å². The Balaban J connectivity index is 1.39. The van der Waals surface area contributed by atoms with Crippen LogP contribution in [0.15, 0.2) is 48.5 Å². The number of aromatic hydroxyl groups is 1. The lowest BCUT2D eigenvalue weighted by atomic mass is 9.93. The Morgan fingerprint density at radius 2 is 1.96 bits per heavy atom. The minimum atomic E-state index is -0.0616. The molecule has 2 aromatic carbocycles. The average molecular weight is 364 g/mol. The van der Waals surface area contributed by atoms with Gasteiger partial charge in [-0.1, -0.05) is 50.2 Å². The molecular weight excluding hydrogens is 336 g/mol. The molecule has 4 atom stereocenters. The van der Waals surface area contributed by atoms with E-state index in [4.69, 9.17) is 0 Å². The van der Waals surface area contributed by atoms with Gasteiger partial charge in [0.2, 0.25) is 5.91 Å². The first-order valence-electron chi connectivity index (χ1n) is 9.75. The zero-order valence-electron chi connectivity index (χ0n) is 16.3. The van der Waals surface area contributed by atoms with E-state index in [9.17, 15) is 9.90 Å². The summed E-state index contributed by atoms with van der Waals surface area (Å²) in [6.45, 7) is 5.83. The standard InChI is InChI=1S/C23H28N2O2/c1-15-21(23(15,2)18-7-5-4-6-8-18)22(27)24-13-19-11-16-9-10-20(26)12-17(16)14-25(19)3/h4-10,12,15,19,21,26H,11,13-14H2,1-3H3,(H,24,27)/t15-,19-,21-,23+/m0/s1.